The molecule has 4 N–H and O–H groups in total. The molecule has 0 aromatic heterocycles. The van der Waals surface area contributed by atoms with E-state index in [1.165, 1.54) is 0 Å². The summed E-state index contributed by atoms with van der Waals surface area (Å²) in [6, 6.07) is 0. The second-order valence-corrected chi connectivity index (χ2v) is 15.7. The lowest BCUT2D eigenvalue weighted by Crippen LogP contribution is -2.62. The lowest BCUT2D eigenvalue weighted by molar-refractivity contribution is -0.184. The third kappa shape index (κ3) is 6.49. The molecular formula is C23H40O13S3. The fraction of sp³-hybridized carbons (Fsp3) is 1.00. The Kier molecular flexibility index (Phi) is 8.63. The van der Waals surface area contributed by atoms with E-state index < -0.39 is 60.8 Å². The van der Waals surface area contributed by atoms with Gasteiger partial charge in [-0.3, -0.25) is 13.7 Å². The van der Waals surface area contributed by atoms with E-state index in [0.29, 0.717) is 18.3 Å². The predicted octanol–water partition coefficient (Wildman–Crippen LogP) is 2.45. The highest BCUT2D eigenvalue weighted by Crippen LogP contribution is 2.69. The number of fused-ring (bicyclic) bond motifs is 5. The summed E-state index contributed by atoms with van der Waals surface area (Å²) in [4.78, 5) is 0. The molecular weight excluding hydrogens is 580 g/mol. The van der Waals surface area contributed by atoms with Crippen LogP contribution in [0.25, 0.3) is 0 Å². The summed E-state index contributed by atoms with van der Waals surface area (Å²) < 4.78 is 113. The van der Waals surface area contributed by atoms with Crippen LogP contribution in [0, 0.1) is 46.3 Å². The van der Waals surface area contributed by atoms with Gasteiger partial charge in [0, 0.05) is 6.61 Å². The molecule has 228 valence electrons. The molecule has 0 aromatic carbocycles. The van der Waals surface area contributed by atoms with Crippen molar-refractivity contribution in [2.75, 3.05) is 6.61 Å². The maximum atomic E-state index is 11.9. The highest BCUT2D eigenvalue weighted by atomic mass is 32.3. The Morgan fingerprint density at radius 2 is 1.28 bits per heavy atom. The maximum Gasteiger partial charge on any atom is 0.397 e. The minimum atomic E-state index is -5.07. The van der Waals surface area contributed by atoms with Crippen LogP contribution in [0.3, 0.4) is 0 Å². The van der Waals surface area contributed by atoms with Gasteiger partial charge in [0.05, 0.1) is 6.10 Å². The molecule has 0 aromatic rings. The Bertz CT molecular complexity index is 1240. The lowest BCUT2D eigenvalue weighted by atomic mass is 9.43. The van der Waals surface area contributed by atoms with E-state index in [9.17, 15) is 44.0 Å². The van der Waals surface area contributed by atoms with Crippen LogP contribution in [0.15, 0.2) is 0 Å². The van der Waals surface area contributed by atoms with Crippen molar-refractivity contribution in [3.63, 3.8) is 0 Å². The van der Waals surface area contributed by atoms with E-state index in [-0.39, 0.29) is 49.0 Å². The zero-order chi connectivity index (χ0) is 29.2. The van der Waals surface area contributed by atoms with Crippen LogP contribution in [0.5, 0.6) is 0 Å². The molecule has 4 aliphatic rings. The Balaban J connectivity index is 1.74. The van der Waals surface area contributed by atoms with Crippen molar-refractivity contribution in [3.05, 3.63) is 0 Å². The molecule has 16 heteroatoms. The van der Waals surface area contributed by atoms with Gasteiger partial charge in [0.25, 0.3) is 0 Å². The van der Waals surface area contributed by atoms with Gasteiger partial charge >= 0.3 is 31.2 Å². The van der Waals surface area contributed by atoms with Crippen LogP contribution >= 0.6 is 0 Å². The van der Waals surface area contributed by atoms with E-state index in [0.717, 1.165) is 25.7 Å². The summed E-state index contributed by atoms with van der Waals surface area (Å²) in [6.45, 7) is 6.32. The van der Waals surface area contributed by atoms with Crippen molar-refractivity contribution in [1.82, 2.24) is 0 Å². The monoisotopic (exact) mass is 620 g/mol. The predicted molar refractivity (Wildman–Crippen MR) is 136 cm³/mol. The third-order valence-electron chi connectivity index (χ3n) is 10.7. The normalized spacial score (nSPS) is 43.8. The van der Waals surface area contributed by atoms with Crippen LogP contribution in [-0.4, -0.2) is 68.9 Å². The molecule has 0 spiro atoms. The van der Waals surface area contributed by atoms with Crippen molar-refractivity contribution in [2.45, 2.75) is 90.4 Å². The van der Waals surface area contributed by atoms with Crippen LogP contribution in [-0.2, 0) is 43.7 Å². The summed E-state index contributed by atoms with van der Waals surface area (Å²) in [6.07, 6.45) is -0.125. The fourth-order valence-electron chi connectivity index (χ4n) is 9.41. The highest BCUT2D eigenvalue weighted by Gasteiger charge is 2.65. The van der Waals surface area contributed by atoms with Gasteiger partial charge in [-0.1, -0.05) is 20.8 Å². The average molecular weight is 621 g/mol. The zero-order valence-corrected chi connectivity index (χ0v) is 24.7. The Labute approximate surface area is 230 Å². The third-order valence-corrected chi connectivity index (χ3v) is 12.2. The van der Waals surface area contributed by atoms with Crippen molar-refractivity contribution < 1.29 is 56.6 Å². The topological polar surface area (TPSA) is 211 Å². The molecule has 11 atom stereocenters. The van der Waals surface area contributed by atoms with E-state index in [1.807, 2.05) is 6.92 Å². The number of rotatable bonds is 9. The van der Waals surface area contributed by atoms with Gasteiger partial charge in [-0.05, 0) is 97.7 Å². The Hall–Kier alpha value is -0.430. The number of aliphatic hydroxyl groups excluding tert-OH is 1. The standard InChI is InChI=1S/C23H40O13S3/c1-13(7-9-24)15-4-5-16-14-10-19(34-37(25,26)27)18-11-20(35-38(28,29)30)21(36-39(31,32)33)12-23(18,3)17(14)6-8-22(15,16)2/h13-21,24H,4-12H2,1-3H3,(H,25,26,27)(H,28,29,30)(H,31,32,33)/t13-,14-,15+,16-,17-,18+,19-,20-,21-,22+,23+/m0/s1. The summed E-state index contributed by atoms with van der Waals surface area (Å²) in [7, 11) is -15.0. The number of hydrogen-bond donors (Lipinski definition) is 4. The average Bonchev–Trinajstić information content (AvgIpc) is 3.09. The Morgan fingerprint density at radius 3 is 1.85 bits per heavy atom. The first-order valence-corrected chi connectivity index (χ1v) is 17.4. The van der Waals surface area contributed by atoms with Gasteiger partial charge < -0.3 is 5.11 Å². The molecule has 4 fully saturated rings. The first-order chi connectivity index (χ1) is 17.8. The molecule has 4 rings (SSSR count). The molecule has 0 heterocycles. The minimum Gasteiger partial charge on any atom is -0.396 e. The first kappa shape index (κ1) is 31.5. The fourth-order valence-corrected chi connectivity index (χ4v) is 11.0. The molecule has 0 unspecified atom stereocenters. The van der Waals surface area contributed by atoms with Gasteiger partial charge in [0.15, 0.2) is 0 Å². The number of hydrogen-bond acceptors (Lipinski definition) is 10. The van der Waals surface area contributed by atoms with Crippen molar-refractivity contribution in [1.29, 1.82) is 0 Å². The molecule has 0 radical (unpaired) electrons. The minimum absolute atomic E-state index is 0.0477. The Morgan fingerprint density at radius 1 is 0.744 bits per heavy atom. The SMILES string of the molecule is C[C@@H](CCO)[C@H]1CC[C@H]2[C@@H]3C[C@H](OS(=O)(=O)O)[C@H]4C[C@H](OS(=O)(=O)O)[C@@H](OS(=O)(=O)O)C[C@]4(C)[C@H]3CC[C@]12C. The second kappa shape index (κ2) is 10.7. The largest absolute Gasteiger partial charge is 0.397 e. The van der Waals surface area contributed by atoms with Crippen molar-refractivity contribution in [2.24, 2.45) is 46.3 Å². The second-order valence-electron chi connectivity index (χ2n) is 12.6. The van der Waals surface area contributed by atoms with Crippen LogP contribution in [0.4, 0.5) is 0 Å². The first-order valence-electron chi connectivity index (χ1n) is 13.4. The summed E-state index contributed by atoms with van der Waals surface area (Å²) in [5.74, 6) is 0.0285. The van der Waals surface area contributed by atoms with Gasteiger partial charge in [-0.2, -0.15) is 25.3 Å². The smallest absolute Gasteiger partial charge is 0.396 e. The molecule has 0 saturated heterocycles. The lowest BCUT2D eigenvalue weighted by Gasteiger charge is -2.63. The summed E-state index contributed by atoms with van der Waals surface area (Å²) in [5.41, 5.74) is -0.917. The van der Waals surface area contributed by atoms with E-state index >= 15 is 0 Å². The van der Waals surface area contributed by atoms with Crippen LogP contribution in [0.2, 0.25) is 0 Å². The molecule has 39 heavy (non-hydrogen) atoms. The molecule has 0 aliphatic heterocycles. The molecule has 4 saturated carbocycles. The van der Waals surface area contributed by atoms with Crippen LogP contribution < -0.4 is 0 Å². The maximum absolute atomic E-state index is 11.9. The number of aliphatic hydroxyl groups is 1. The quantitative estimate of drug-likeness (QED) is 0.273. The van der Waals surface area contributed by atoms with E-state index in [4.69, 9.17) is 12.5 Å². The van der Waals surface area contributed by atoms with Crippen molar-refractivity contribution in [3.8, 4) is 0 Å². The molecule has 0 amide bonds. The van der Waals surface area contributed by atoms with Gasteiger partial charge in [-0.15, -0.1) is 0 Å². The van der Waals surface area contributed by atoms with Crippen LogP contribution in [0.1, 0.15) is 72.1 Å². The van der Waals surface area contributed by atoms with Crippen molar-refractivity contribution >= 4 is 31.2 Å². The van der Waals surface area contributed by atoms with Gasteiger partial charge in [0.1, 0.15) is 12.2 Å². The molecule has 0 bridgehead atoms. The molecule has 4 aliphatic carbocycles. The van der Waals surface area contributed by atoms with Gasteiger partial charge in [0.2, 0.25) is 0 Å². The van der Waals surface area contributed by atoms with E-state index in [2.05, 4.69) is 13.8 Å². The van der Waals surface area contributed by atoms with Gasteiger partial charge in [-0.25, -0.2) is 12.5 Å². The summed E-state index contributed by atoms with van der Waals surface area (Å²) >= 11 is 0. The zero-order valence-electron chi connectivity index (χ0n) is 22.2. The highest BCUT2D eigenvalue weighted by molar-refractivity contribution is 7.81. The summed E-state index contributed by atoms with van der Waals surface area (Å²) in [5, 5.41) is 9.53. The van der Waals surface area contributed by atoms with E-state index in [1.54, 1.807) is 0 Å². The molecule has 13 nitrogen and oxygen atoms in total.